The van der Waals surface area contributed by atoms with Crippen molar-refractivity contribution in [2.75, 3.05) is 11.5 Å². The summed E-state index contributed by atoms with van der Waals surface area (Å²) in [6.07, 6.45) is 0.884. The Morgan fingerprint density at radius 2 is 1.71 bits per heavy atom. The number of anilines is 1. The van der Waals surface area contributed by atoms with Crippen LogP contribution in [-0.4, -0.2) is 21.6 Å². The highest BCUT2D eigenvalue weighted by Crippen LogP contribution is 2.55. The summed E-state index contributed by atoms with van der Waals surface area (Å²) in [6, 6.07) is 21.2. The minimum Gasteiger partial charge on any atom is -0.383 e. The highest BCUT2D eigenvalue weighted by molar-refractivity contribution is 8.00. The number of primary amides is 1. The first-order chi connectivity index (χ1) is 15.1. The van der Waals surface area contributed by atoms with E-state index in [0.29, 0.717) is 16.2 Å². The number of thioether (sulfide) groups is 2. The molecule has 0 saturated carbocycles. The van der Waals surface area contributed by atoms with Crippen molar-refractivity contribution in [2.24, 2.45) is 5.73 Å². The van der Waals surface area contributed by atoms with E-state index in [1.54, 1.807) is 11.3 Å². The third-order valence-corrected chi connectivity index (χ3v) is 8.99. The third-order valence-electron chi connectivity index (χ3n) is 5.23. The van der Waals surface area contributed by atoms with Gasteiger partial charge in [0.05, 0.1) is 16.4 Å². The predicted molar refractivity (Wildman–Crippen MR) is 131 cm³/mol. The number of hydrogen-bond donors (Lipinski definition) is 2. The number of nitrogens with two attached hydrogens (primary N) is 2. The average molecular weight is 465 g/mol. The zero-order valence-electron chi connectivity index (χ0n) is 16.5. The maximum absolute atomic E-state index is 11.2. The van der Waals surface area contributed by atoms with Crippen molar-refractivity contribution in [3.05, 3.63) is 82.2 Å². The van der Waals surface area contributed by atoms with Crippen molar-refractivity contribution in [1.82, 2.24) is 9.97 Å². The molecule has 2 aromatic carbocycles. The van der Waals surface area contributed by atoms with Gasteiger partial charge in [0, 0.05) is 10.1 Å². The van der Waals surface area contributed by atoms with Crippen molar-refractivity contribution in [1.29, 1.82) is 0 Å². The van der Waals surface area contributed by atoms with Crippen LogP contribution in [0.25, 0.3) is 10.2 Å². The van der Waals surface area contributed by atoms with E-state index in [9.17, 15) is 4.79 Å². The van der Waals surface area contributed by atoms with Crippen LogP contribution in [0.1, 0.15) is 32.1 Å². The number of nitrogen functional groups attached to an aromatic ring is 1. The van der Waals surface area contributed by atoms with E-state index in [-0.39, 0.29) is 11.0 Å². The molecule has 0 fully saturated rings. The normalized spacial score (nSPS) is 18.1. The molecule has 1 amide bonds. The third kappa shape index (κ3) is 4.03. The Bertz CT molecular complexity index is 1240. The fraction of sp³-hybridized carbons (Fsp3) is 0.174. The monoisotopic (exact) mass is 464 g/mol. The molecule has 2 atom stereocenters. The second-order valence-electron chi connectivity index (χ2n) is 7.30. The van der Waals surface area contributed by atoms with Gasteiger partial charge in [0.25, 0.3) is 0 Å². The first-order valence-electron chi connectivity index (χ1n) is 9.85. The van der Waals surface area contributed by atoms with Crippen molar-refractivity contribution >= 4 is 56.8 Å². The number of benzene rings is 2. The zero-order valence-corrected chi connectivity index (χ0v) is 19.0. The highest BCUT2D eigenvalue weighted by atomic mass is 32.2. The topological polar surface area (TPSA) is 94.9 Å². The highest BCUT2D eigenvalue weighted by Gasteiger charge is 2.34. The molecule has 5 rings (SSSR count). The first kappa shape index (κ1) is 20.4. The molecule has 4 N–H and O–H groups in total. The summed E-state index contributed by atoms with van der Waals surface area (Å²) in [7, 11) is 0. The fourth-order valence-corrected chi connectivity index (χ4v) is 7.55. The maximum Gasteiger partial charge on any atom is 0.227 e. The molecule has 2 aromatic heterocycles. The van der Waals surface area contributed by atoms with Crippen LogP contribution in [0.5, 0.6) is 0 Å². The van der Waals surface area contributed by atoms with E-state index in [1.165, 1.54) is 33.3 Å². The smallest absolute Gasteiger partial charge is 0.227 e. The predicted octanol–water partition coefficient (Wildman–Crippen LogP) is 4.97. The van der Waals surface area contributed by atoms with E-state index in [2.05, 4.69) is 53.5 Å². The molecule has 8 heteroatoms. The van der Waals surface area contributed by atoms with Crippen LogP contribution in [0, 0.1) is 0 Å². The summed E-state index contributed by atoms with van der Waals surface area (Å²) in [6.45, 7) is 0. The zero-order chi connectivity index (χ0) is 21.4. The van der Waals surface area contributed by atoms with E-state index in [4.69, 9.17) is 16.5 Å². The fourth-order valence-electron chi connectivity index (χ4n) is 3.88. The van der Waals surface area contributed by atoms with Crippen LogP contribution in [0.15, 0.2) is 65.8 Å². The summed E-state index contributed by atoms with van der Waals surface area (Å²) in [5.74, 6) is 0.207. The van der Waals surface area contributed by atoms with Gasteiger partial charge >= 0.3 is 0 Å². The average Bonchev–Trinajstić information content (AvgIpc) is 3.17. The molecule has 1 aliphatic rings. The molecule has 0 bridgehead atoms. The number of carbonyl (C=O) groups is 1. The number of hydrogen-bond acceptors (Lipinski definition) is 7. The molecule has 0 radical (unpaired) electrons. The number of thiophene rings is 1. The second kappa shape index (κ2) is 8.53. The van der Waals surface area contributed by atoms with Crippen molar-refractivity contribution in [3.63, 3.8) is 0 Å². The molecule has 31 heavy (non-hydrogen) atoms. The lowest BCUT2D eigenvalue weighted by molar-refractivity contribution is -0.115. The number of nitrogens with zero attached hydrogens (tertiary/aromatic N) is 2. The van der Waals surface area contributed by atoms with Gasteiger partial charge in [0.2, 0.25) is 5.91 Å². The van der Waals surface area contributed by atoms with Crippen molar-refractivity contribution in [3.8, 4) is 0 Å². The van der Waals surface area contributed by atoms with Gasteiger partial charge in [0.1, 0.15) is 10.6 Å². The molecule has 4 aromatic rings. The SMILES string of the molecule is NC(=O)CSc1nc(N)c2c3c(sc2n1)[C@@H](c1ccccc1)S[C@@H](c1ccccc1)C3. The lowest BCUT2D eigenvalue weighted by Gasteiger charge is -2.30. The molecule has 0 saturated heterocycles. The Kier molecular flexibility index (Phi) is 5.60. The quantitative estimate of drug-likeness (QED) is 0.320. The Balaban J connectivity index is 1.64. The van der Waals surface area contributed by atoms with Crippen LogP contribution in [0.2, 0.25) is 0 Å². The molecular formula is C23H20N4OS3. The summed E-state index contributed by atoms with van der Waals surface area (Å²) in [4.78, 5) is 22.5. The maximum atomic E-state index is 11.2. The minimum atomic E-state index is -0.399. The Morgan fingerprint density at radius 1 is 1.03 bits per heavy atom. The van der Waals surface area contributed by atoms with Crippen LogP contribution < -0.4 is 11.5 Å². The molecule has 3 heterocycles. The van der Waals surface area contributed by atoms with Crippen LogP contribution in [-0.2, 0) is 11.2 Å². The van der Waals surface area contributed by atoms with Gasteiger partial charge in [0.15, 0.2) is 5.16 Å². The Morgan fingerprint density at radius 3 is 2.39 bits per heavy atom. The van der Waals surface area contributed by atoms with Gasteiger partial charge in [-0.05, 0) is 23.1 Å². The summed E-state index contributed by atoms with van der Waals surface area (Å²) >= 11 is 4.88. The molecular weight excluding hydrogens is 444 g/mol. The standard InChI is InChI=1S/C23H20N4OS3/c24-17(28)12-29-23-26-21(25)18-15-11-16(13-7-3-1-4-8-13)30-19(14-9-5-2-6-10-14)20(15)31-22(18)27-23/h1-10,16,19H,11-12H2,(H2,24,28)(H2,25,26,27)/t16-,19-/m1/s1. The van der Waals surface area contributed by atoms with Crippen LogP contribution in [0.4, 0.5) is 5.82 Å². The largest absolute Gasteiger partial charge is 0.383 e. The minimum absolute atomic E-state index is 0.134. The van der Waals surface area contributed by atoms with Crippen LogP contribution in [0.3, 0.4) is 0 Å². The second-order valence-corrected chi connectivity index (χ2v) is 10.6. The molecule has 0 aliphatic carbocycles. The number of rotatable bonds is 5. The van der Waals surface area contributed by atoms with E-state index in [1.807, 2.05) is 23.9 Å². The first-order valence-corrected chi connectivity index (χ1v) is 12.6. The van der Waals surface area contributed by atoms with E-state index < -0.39 is 5.91 Å². The number of fused-ring (bicyclic) bond motifs is 3. The summed E-state index contributed by atoms with van der Waals surface area (Å²) < 4.78 is 0. The lowest BCUT2D eigenvalue weighted by Crippen LogP contribution is -2.13. The molecule has 156 valence electrons. The number of amides is 1. The summed E-state index contributed by atoms with van der Waals surface area (Å²) in [5.41, 5.74) is 15.5. The molecule has 1 aliphatic heterocycles. The van der Waals surface area contributed by atoms with Gasteiger partial charge < -0.3 is 11.5 Å². The van der Waals surface area contributed by atoms with Crippen molar-refractivity contribution in [2.45, 2.75) is 22.1 Å². The molecule has 0 unspecified atom stereocenters. The van der Waals surface area contributed by atoms with Gasteiger partial charge in [-0.1, -0.05) is 72.4 Å². The van der Waals surface area contributed by atoms with Gasteiger partial charge in [-0.3, -0.25) is 4.79 Å². The van der Waals surface area contributed by atoms with E-state index >= 15 is 0 Å². The number of aromatic nitrogens is 2. The number of carbonyl (C=O) groups excluding carboxylic acids is 1. The lowest BCUT2D eigenvalue weighted by atomic mass is 9.98. The van der Waals surface area contributed by atoms with Gasteiger partial charge in [-0.15, -0.1) is 23.1 Å². The summed E-state index contributed by atoms with van der Waals surface area (Å²) in [5, 5.41) is 1.96. The Hall–Kier alpha value is -2.55. The van der Waals surface area contributed by atoms with Crippen LogP contribution >= 0.6 is 34.9 Å². The van der Waals surface area contributed by atoms with Gasteiger partial charge in [-0.2, -0.15) is 0 Å². The molecule has 5 nitrogen and oxygen atoms in total. The molecule has 0 spiro atoms. The van der Waals surface area contributed by atoms with Gasteiger partial charge in [-0.25, -0.2) is 9.97 Å². The van der Waals surface area contributed by atoms with Crippen molar-refractivity contribution < 1.29 is 4.79 Å². The van der Waals surface area contributed by atoms with E-state index in [0.717, 1.165) is 16.6 Å². The Labute approximate surface area is 192 Å².